The van der Waals surface area contributed by atoms with E-state index in [-0.39, 0.29) is 18.1 Å². The van der Waals surface area contributed by atoms with Gasteiger partial charge in [-0.1, -0.05) is 28.1 Å². The van der Waals surface area contributed by atoms with Crippen LogP contribution in [0.5, 0.6) is 5.75 Å². The van der Waals surface area contributed by atoms with Crippen LogP contribution in [0.2, 0.25) is 0 Å². The Labute approximate surface area is 155 Å². The lowest BCUT2D eigenvalue weighted by Gasteiger charge is -2.16. The molecule has 0 aromatic heterocycles. The topological polar surface area (TPSA) is 73.6 Å². The minimum absolute atomic E-state index is 0.00294. The molecule has 2 unspecified atom stereocenters. The van der Waals surface area contributed by atoms with Crippen LogP contribution in [0.15, 0.2) is 46.9 Å². The van der Waals surface area contributed by atoms with Crippen molar-refractivity contribution in [1.29, 1.82) is 0 Å². The number of anilines is 1. The van der Waals surface area contributed by atoms with Gasteiger partial charge in [-0.15, -0.1) is 0 Å². The predicted molar refractivity (Wildman–Crippen MR) is 101 cm³/mol. The van der Waals surface area contributed by atoms with Crippen LogP contribution in [0, 0.1) is 0 Å². The van der Waals surface area contributed by atoms with Gasteiger partial charge in [-0.2, -0.15) is 0 Å². The van der Waals surface area contributed by atoms with E-state index < -0.39 is 0 Å². The van der Waals surface area contributed by atoms with E-state index in [4.69, 9.17) is 15.2 Å². The number of carbonyl (C=O) groups excluding carboxylic acids is 1. The lowest BCUT2D eigenvalue weighted by Crippen LogP contribution is -2.32. The van der Waals surface area contributed by atoms with Crippen molar-refractivity contribution < 1.29 is 14.3 Å². The summed E-state index contributed by atoms with van der Waals surface area (Å²) >= 11 is 3.34. The second-order valence-corrected chi connectivity index (χ2v) is 6.96. The molecule has 25 heavy (non-hydrogen) atoms. The lowest BCUT2D eigenvalue weighted by molar-refractivity contribution is 0.0435. The molecule has 6 heteroatoms. The number of hydrogen-bond acceptors (Lipinski definition) is 4. The van der Waals surface area contributed by atoms with Gasteiger partial charge in [0.2, 0.25) is 0 Å². The van der Waals surface area contributed by atoms with E-state index in [1.165, 1.54) is 0 Å². The van der Waals surface area contributed by atoms with Crippen molar-refractivity contribution in [2.24, 2.45) is 0 Å². The molecular formula is C19H21BrN2O3. The zero-order chi connectivity index (χ0) is 17.8. The summed E-state index contributed by atoms with van der Waals surface area (Å²) in [6.07, 6.45) is 1.86. The number of amides is 1. The van der Waals surface area contributed by atoms with Crippen molar-refractivity contribution >= 4 is 27.5 Å². The van der Waals surface area contributed by atoms with Gasteiger partial charge in [0.15, 0.2) is 0 Å². The number of hydrogen-bond donors (Lipinski definition) is 2. The normalized spacial score (nSPS) is 19.6. The summed E-state index contributed by atoms with van der Waals surface area (Å²) in [7, 11) is 1.65. The Morgan fingerprint density at radius 3 is 2.92 bits per heavy atom. The molecule has 0 spiro atoms. The number of carbonyl (C=O) groups is 1. The Bertz CT molecular complexity index is 766. The molecule has 3 N–H and O–H groups in total. The maximum atomic E-state index is 12.3. The second-order valence-electron chi connectivity index (χ2n) is 6.04. The average Bonchev–Trinajstić information content (AvgIpc) is 3.09. The largest absolute Gasteiger partial charge is 0.497 e. The molecular weight excluding hydrogens is 384 g/mol. The van der Waals surface area contributed by atoms with E-state index in [0.29, 0.717) is 17.8 Å². The first-order valence-electron chi connectivity index (χ1n) is 8.19. The van der Waals surface area contributed by atoms with Gasteiger partial charge in [0, 0.05) is 16.7 Å². The SMILES string of the molecule is COc1cccc(C2CCC(CNC(=O)c3ccc(Br)cc3N)O2)c1. The van der Waals surface area contributed by atoms with Gasteiger partial charge in [0.05, 0.1) is 24.9 Å². The monoisotopic (exact) mass is 404 g/mol. The smallest absolute Gasteiger partial charge is 0.253 e. The number of ether oxygens (including phenoxy) is 2. The van der Waals surface area contributed by atoms with E-state index in [1.807, 2.05) is 24.3 Å². The van der Waals surface area contributed by atoms with Crippen molar-refractivity contribution in [3.8, 4) is 5.75 Å². The number of methoxy groups -OCH3 is 1. The molecule has 3 rings (SSSR count). The summed E-state index contributed by atoms with van der Waals surface area (Å²) in [6.45, 7) is 0.467. The van der Waals surface area contributed by atoms with Gasteiger partial charge >= 0.3 is 0 Å². The molecule has 1 amide bonds. The van der Waals surface area contributed by atoms with Crippen LogP contribution in [0.1, 0.15) is 34.9 Å². The minimum atomic E-state index is -0.182. The summed E-state index contributed by atoms with van der Waals surface area (Å²) in [5.74, 6) is 0.641. The Kier molecular flexibility index (Phi) is 5.60. The summed E-state index contributed by atoms with van der Waals surface area (Å²) in [4.78, 5) is 12.3. The average molecular weight is 405 g/mol. The van der Waals surface area contributed by atoms with Crippen LogP contribution in [0.4, 0.5) is 5.69 Å². The summed E-state index contributed by atoms with van der Waals surface area (Å²) < 4.78 is 12.2. The third kappa shape index (κ3) is 4.32. The number of nitrogen functional groups attached to an aromatic ring is 1. The van der Waals surface area contributed by atoms with Crippen LogP contribution in [-0.2, 0) is 4.74 Å². The fraction of sp³-hybridized carbons (Fsp3) is 0.316. The molecule has 1 saturated heterocycles. The van der Waals surface area contributed by atoms with Crippen LogP contribution in [-0.4, -0.2) is 25.7 Å². The number of nitrogens with one attached hydrogen (secondary N) is 1. The van der Waals surface area contributed by atoms with E-state index >= 15 is 0 Å². The van der Waals surface area contributed by atoms with Gasteiger partial charge in [-0.05, 0) is 48.7 Å². The molecule has 2 atom stereocenters. The highest BCUT2D eigenvalue weighted by molar-refractivity contribution is 9.10. The molecule has 1 aliphatic rings. The van der Waals surface area contributed by atoms with Crippen molar-refractivity contribution in [1.82, 2.24) is 5.32 Å². The molecule has 132 valence electrons. The molecule has 0 bridgehead atoms. The molecule has 0 saturated carbocycles. The van der Waals surface area contributed by atoms with Crippen molar-refractivity contribution in [3.05, 3.63) is 58.1 Å². The Hall–Kier alpha value is -2.05. The maximum absolute atomic E-state index is 12.3. The highest BCUT2D eigenvalue weighted by Crippen LogP contribution is 2.33. The van der Waals surface area contributed by atoms with Gasteiger partial charge in [0.1, 0.15) is 5.75 Å². The fourth-order valence-corrected chi connectivity index (χ4v) is 3.36. The molecule has 1 aliphatic heterocycles. The number of rotatable bonds is 5. The lowest BCUT2D eigenvalue weighted by atomic mass is 10.1. The Morgan fingerprint density at radius 1 is 1.32 bits per heavy atom. The summed E-state index contributed by atoms with van der Waals surface area (Å²) in [5.41, 5.74) is 7.93. The molecule has 1 heterocycles. The molecule has 2 aromatic rings. The van der Waals surface area contributed by atoms with E-state index in [1.54, 1.807) is 25.3 Å². The van der Waals surface area contributed by atoms with Crippen LogP contribution in [0.3, 0.4) is 0 Å². The quantitative estimate of drug-likeness (QED) is 0.745. The molecule has 1 fully saturated rings. The molecule has 0 radical (unpaired) electrons. The minimum Gasteiger partial charge on any atom is -0.497 e. The van der Waals surface area contributed by atoms with Crippen LogP contribution < -0.4 is 15.8 Å². The maximum Gasteiger partial charge on any atom is 0.253 e. The van der Waals surface area contributed by atoms with Crippen molar-refractivity contribution in [2.45, 2.75) is 25.0 Å². The zero-order valence-electron chi connectivity index (χ0n) is 14.0. The number of halogens is 1. The zero-order valence-corrected chi connectivity index (χ0v) is 15.6. The second kappa shape index (κ2) is 7.89. The highest BCUT2D eigenvalue weighted by Gasteiger charge is 2.27. The predicted octanol–water partition coefficient (Wildman–Crippen LogP) is 3.69. The number of benzene rings is 2. The Morgan fingerprint density at radius 2 is 2.16 bits per heavy atom. The standard InChI is InChI=1S/C19H21BrN2O3/c1-24-14-4-2-3-12(9-14)18-8-6-15(25-18)11-22-19(23)16-7-5-13(20)10-17(16)21/h2-5,7,9-10,15,18H,6,8,11,21H2,1H3,(H,22,23). The number of nitrogens with two attached hydrogens (primary N) is 1. The third-order valence-electron chi connectivity index (χ3n) is 4.32. The van der Waals surface area contributed by atoms with Gasteiger partial charge in [-0.25, -0.2) is 0 Å². The van der Waals surface area contributed by atoms with Crippen molar-refractivity contribution in [2.75, 3.05) is 19.4 Å². The first-order valence-corrected chi connectivity index (χ1v) is 8.98. The van der Waals surface area contributed by atoms with Crippen LogP contribution >= 0.6 is 15.9 Å². The van der Waals surface area contributed by atoms with Gasteiger partial charge in [-0.3, -0.25) is 4.79 Å². The summed E-state index contributed by atoms with van der Waals surface area (Å²) in [6, 6.07) is 13.1. The van der Waals surface area contributed by atoms with E-state index in [9.17, 15) is 4.79 Å². The Balaban J connectivity index is 1.55. The van der Waals surface area contributed by atoms with E-state index in [2.05, 4.69) is 21.2 Å². The fourth-order valence-electron chi connectivity index (χ4n) is 2.98. The third-order valence-corrected chi connectivity index (χ3v) is 4.81. The van der Waals surface area contributed by atoms with Crippen LogP contribution in [0.25, 0.3) is 0 Å². The van der Waals surface area contributed by atoms with E-state index in [0.717, 1.165) is 28.6 Å². The first-order chi connectivity index (χ1) is 12.1. The van der Waals surface area contributed by atoms with Gasteiger partial charge in [0.25, 0.3) is 5.91 Å². The van der Waals surface area contributed by atoms with Crippen molar-refractivity contribution in [3.63, 3.8) is 0 Å². The van der Waals surface area contributed by atoms with Gasteiger partial charge < -0.3 is 20.5 Å². The first kappa shape index (κ1) is 17.8. The highest BCUT2D eigenvalue weighted by atomic mass is 79.9. The molecule has 5 nitrogen and oxygen atoms in total. The molecule has 0 aliphatic carbocycles. The summed E-state index contributed by atoms with van der Waals surface area (Å²) in [5, 5.41) is 2.91. The molecule has 2 aromatic carbocycles.